The number of hydrogen-bond donors (Lipinski definition) is 2. The fourth-order valence-electron chi connectivity index (χ4n) is 1.62. The van der Waals surface area contributed by atoms with Crippen LogP contribution in [0.15, 0.2) is 23.7 Å². The van der Waals surface area contributed by atoms with Crippen molar-refractivity contribution in [3.8, 4) is 0 Å². The van der Waals surface area contributed by atoms with Crippen molar-refractivity contribution in [2.75, 3.05) is 46.2 Å². The van der Waals surface area contributed by atoms with Crippen LogP contribution in [0.1, 0.15) is 13.3 Å². The first-order valence-electron chi connectivity index (χ1n) is 7.80. The predicted octanol–water partition coefficient (Wildman–Crippen LogP) is 0.233. The summed E-state index contributed by atoms with van der Waals surface area (Å²) in [6.07, 6.45) is 0.0708. The monoisotopic (exact) mass is 360 g/mol. The van der Waals surface area contributed by atoms with Gasteiger partial charge in [0.05, 0.1) is 51.3 Å². The molecule has 1 atom stereocenters. The quantitative estimate of drug-likeness (QED) is 0.147. The second kappa shape index (κ2) is 11.6. The second-order valence-electron chi connectivity index (χ2n) is 5.12. The lowest BCUT2D eigenvalue weighted by molar-refractivity contribution is -0.140. The van der Waals surface area contributed by atoms with E-state index >= 15 is 0 Å². The SMILES string of the molecule is C=C(OCCOCCOCCO)C(=O)OC(CC1CO1)=C(C)C(=O)O. The molecule has 0 amide bonds. The van der Waals surface area contributed by atoms with Crippen molar-refractivity contribution in [1.82, 2.24) is 0 Å². The van der Waals surface area contributed by atoms with Crippen molar-refractivity contribution >= 4 is 11.9 Å². The standard InChI is InChI=1S/C16H24O9/c1-11(15(18)19)14(9-13-10-24-13)25-16(20)12(2)23-8-7-22-6-5-21-4-3-17/h13,17H,2-10H2,1H3,(H,18,19). The average Bonchev–Trinajstić information content (AvgIpc) is 3.39. The van der Waals surface area contributed by atoms with Crippen LogP contribution >= 0.6 is 0 Å². The Morgan fingerprint density at radius 1 is 1.16 bits per heavy atom. The molecule has 0 radical (unpaired) electrons. The first-order valence-corrected chi connectivity index (χ1v) is 7.80. The third kappa shape index (κ3) is 9.20. The minimum atomic E-state index is -1.17. The van der Waals surface area contributed by atoms with Gasteiger partial charge < -0.3 is 33.9 Å². The highest BCUT2D eigenvalue weighted by Crippen LogP contribution is 2.23. The topological polar surface area (TPSA) is 124 Å². The van der Waals surface area contributed by atoms with Crippen molar-refractivity contribution in [2.45, 2.75) is 19.4 Å². The number of rotatable bonds is 14. The lowest BCUT2D eigenvalue weighted by Crippen LogP contribution is -2.16. The van der Waals surface area contributed by atoms with E-state index in [0.29, 0.717) is 19.8 Å². The number of hydrogen-bond acceptors (Lipinski definition) is 8. The van der Waals surface area contributed by atoms with Crippen LogP contribution in [0.2, 0.25) is 0 Å². The van der Waals surface area contributed by atoms with Gasteiger partial charge >= 0.3 is 11.9 Å². The van der Waals surface area contributed by atoms with Crippen molar-refractivity contribution < 1.29 is 43.5 Å². The van der Waals surface area contributed by atoms with Crippen LogP contribution in [0, 0.1) is 0 Å². The van der Waals surface area contributed by atoms with Crippen molar-refractivity contribution in [3.63, 3.8) is 0 Å². The van der Waals surface area contributed by atoms with Gasteiger partial charge in [-0.1, -0.05) is 0 Å². The molecule has 0 aromatic heterocycles. The zero-order chi connectivity index (χ0) is 18.7. The highest BCUT2D eigenvalue weighted by atomic mass is 16.6. The number of esters is 1. The third-order valence-electron chi connectivity index (χ3n) is 3.11. The number of carbonyl (C=O) groups is 2. The summed E-state index contributed by atoms with van der Waals surface area (Å²) in [5, 5.41) is 17.5. The van der Waals surface area contributed by atoms with E-state index in [1.165, 1.54) is 6.92 Å². The molecule has 0 spiro atoms. The Bertz CT molecular complexity index is 494. The molecule has 1 heterocycles. The van der Waals surface area contributed by atoms with Crippen molar-refractivity contribution in [3.05, 3.63) is 23.7 Å². The van der Waals surface area contributed by atoms with E-state index in [4.69, 9.17) is 33.9 Å². The van der Waals surface area contributed by atoms with Gasteiger partial charge in [0.25, 0.3) is 0 Å². The maximum absolute atomic E-state index is 11.9. The maximum atomic E-state index is 11.9. The maximum Gasteiger partial charge on any atom is 0.378 e. The zero-order valence-electron chi connectivity index (χ0n) is 14.2. The van der Waals surface area contributed by atoms with Gasteiger partial charge in [-0.05, 0) is 13.5 Å². The highest BCUT2D eigenvalue weighted by Gasteiger charge is 2.28. The van der Waals surface area contributed by atoms with Crippen LogP contribution < -0.4 is 0 Å². The molecule has 0 saturated carbocycles. The number of aliphatic hydroxyl groups excluding tert-OH is 1. The lowest BCUT2D eigenvalue weighted by atomic mass is 10.2. The summed E-state index contributed by atoms with van der Waals surface area (Å²) in [4.78, 5) is 23.0. The van der Waals surface area contributed by atoms with Crippen LogP contribution in [0.25, 0.3) is 0 Å². The molecule has 1 saturated heterocycles. The molecule has 9 nitrogen and oxygen atoms in total. The Labute approximate surface area is 145 Å². The molecule has 0 bridgehead atoms. The summed E-state index contributed by atoms with van der Waals surface area (Å²) in [5.74, 6) is -2.25. The molecule has 1 rings (SSSR count). The lowest BCUT2D eigenvalue weighted by Gasteiger charge is -2.12. The normalized spacial score (nSPS) is 16.8. The average molecular weight is 360 g/mol. The number of carboxylic acids is 1. The van der Waals surface area contributed by atoms with Crippen LogP contribution in [-0.4, -0.2) is 74.5 Å². The fraction of sp³-hybridized carbons (Fsp3) is 0.625. The zero-order valence-corrected chi connectivity index (χ0v) is 14.2. The van der Waals surface area contributed by atoms with Gasteiger partial charge in [0.2, 0.25) is 0 Å². The van der Waals surface area contributed by atoms with E-state index in [1.807, 2.05) is 0 Å². The first kappa shape index (κ1) is 21.1. The Balaban J connectivity index is 2.28. The second-order valence-corrected chi connectivity index (χ2v) is 5.12. The molecule has 0 aliphatic carbocycles. The Kier molecular flexibility index (Phi) is 9.78. The number of aliphatic hydroxyl groups is 1. The minimum absolute atomic E-state index is 0.0297. The number of epoxide rings is 1. The van der Waals surface area contributed by atoms with E-state index in [2.05, 4.69) is 6.58 Å². The minimum Gasteiger partial charge on any atom is -0.484 e. The van der Waals surface area contributed by atoms with E-state index in [0.717, 1.165) is 0 Å². The largest absolute Gasteiger partial charge is 0.484 e. The van der Waals surface area contributed by atoms with Gasteiger partial charge in [-0.2, -0.15) is 0 Å². The van der Waals surface area contributed by atoms with Gasteiger partial charge in [-0.3, -0.25) is 0 Å². The summed E-state index contributed by atoms with van der Waals surface area (Å²) in [5.41, 5.74) is -0.0668. The van der Waals surface area contributed by atoms with Gasteiger partial charge in [0, 0.05) is 6.42 Å². The molecule has 1 aliphatic rings. The summed E-state index contributed by atoms with van der Waals surface area (Å²) in [7, 11) is 0. The fourth-order valence-corrected chi connectivity index (χ4v) is 1.62. The molecule has 142 valence electrons. The number of ether oxygens (including phenoxy) is 5. The smallest absolute Gasteiger partial charge is 0.378 e. The molecule has 25 heavy (non-hydrogen) atoms. The van der Waals surface area contributed by atoms with E-state index in [1.54, 1.807) is 0 Å². The van der Waals surface area contributed by atoms with Gasteiger partial charge in [0.1, 0.15) is 12.4 Å². The Morgan fingerprint density at radius 2 is 1.76 bits per heavy atom. The van der Waals surface area contributed by atoms with Gasteiger partial charge in [-0.25, -0.2) is 9.59 Å². The molecule has 1 unspecified atom stereocenters. The number of carboxylic acid groups (broad SMARTS) is 1. The van der Waals surface area contributed by atoms with Crippen LogP contribution in [0.4, 0.5) is 0 Å². The molecule has 2 N–H and O–H groups in total. The van der Waals surface area contributed by atoms with Gasteiger partial charge in [0.15, 0.2) is 5.76 Å². The van der Waals surface area contributed by atoms with Crippen molar-refractivity contribution in [1.29, 1.82) is 0 Å². The van der Waals surface area contributed by atoms with Crippen LogP contribution in [0.3, 0.4) is 0 Å². The molecular weight excluding hydrogens is 336 g/mol. The molecule has 1 fully saturated rings. The number of aliphatic carboxylic acids is 1. The number of carbonyl (C=O) groups excluding carboxylic acids is 1. The molecule has 9 heteroatoms. The van der Waals surface area contributed by atoms with Crippen LogP contribution in [-0.2, 0) is 33.3 Å². The molecule has 1 aliphatic heterocycles. The molecule has 0 aromatic rings. The highest BCUT2D eigenvalue weighted by molar-refractivity contribution is 5.89. The molecule has 0 aromatic carbocycles. The van der Waals surface area contributed by atoms with Gasteiger partial charge in [-0.15, -0.1) is 0 Å². The Morgan fingerprint density at radius 3 is 2.32 bits per heavy atom. The van der Waals surface area contributed by atoms with E-state index in [9.17, 15) is 9.59 Å². The summed E-state index contributed by atoms with van der Waals surface area (Å²) in [6, 6.07) is 0. The first-order chi connectivity index (χ1) is 12.0. The Hall–Kier alpha value is -1.94. The summed E-state index contributed by atoms with van der Waals surface area (Å²) >= 11 is 0. The van der Waals surface area contributed by atoms with E-state index in [-0.39, 0.29) is 56.0 Å². The predicted molar refractivity (Wildman–Crippen MR) is 84.6 cm³/mol. The summed E-state index contributed by atoms with van der Waals surface area (Å²) < 4.78 is 25.4. The van der Waals surface area contributed by atoms with E-state index < -0.39 is 11.9 Å². The summed E-state index contributed by atoms with van der Waals surface area (Å²) in [6.45, 7) is 6.48. The molecular formula is C16H24O9. The van der Waals surface area contributed by atoms with Crippen LogP contribution in [0.5, 0.6) is 0 Å². The van der Waals surface area contributed by atoms with Crippen molar-refractivity contribution in [2.24, 2.45) is 0 Å². The third-order valence-corrected chi connectivity index (χ3v) is 3.11.